The number of nitriles is 1. The molecule has 0 aliphatic carbocycles. The van der Waals surface area contributed by atoms with Crippen molar-refractivity contribution in [3.8, 4) is 11.8 Å². The lowest BCUT2D eigenvalue weighted by Gasteiger charge is -2.39. The van der Waals surface area contributed by atoms with E-state index in [1.807, 2.05) is 30.3 Å². The summed E-state index contributed by atoms with van der Waals surface area (Å²) < 4.78 is 19.9. The van der Waals surface area contributed by atoms with Crippen LogP contribution in [0.4, 0.5) is 10.1 Å². The molecule has 2 atom stereocenters. The molecule has 0 radical (unpaired) electrons. The number of hydrazone groups is 1. The number of carbonyl (C=O) groups excluding carboxylic acids is 1. The van der Waals surface area contributed by atoms with Gasteiger partial charge in [-0.15, -0.1) is 0 Å². The van der Waals surface area contributed by atoms with E-state index in [0.29, 0.717) is 28.3 Å². The van der Waals surface area contributed by atoms with Gasteiger partial charge in [-0.2, -0.15) is 15.4 Å². The van der Waals surface area contributed by atoms with Crippen LogP contribution in [-0.2, 0) is 4.79 Å². The van der Waals surface area contributed by atoms with Gasteiger partial charge in [-0.3, -0.25) is 4.79 Å². The van der Waals surface area contributed by atoms with Gasteiger partial charge in [0.25, 0.3) is 5.91 Å². The number of benzene rings is 3. The average molecular weight is 397 g/mol. The van der Waals surface area contributed by atoms with Crippen LogP contribution < -0.4 is 9.75 Å². The quantitative estimate of drug-likeness (QED) is 0.650. The SMILES string of the molecule is N#Cc1ccccc1N1N=C2c3cc(F)ccc3OCC2C(c2ccccc2)C1=O. The Morgan fingerprint density at radius 2 is 1.83 bits per heavy atom. The Balaban J connectivity index is 1.74. The molecule has 2 heterocycles. The monoisotopic (exact) mass is 397 g/mol. The van der Waals surface area contributed by atoms with E-state index >= 15 is 0 Å². The van der Waals surface area contributed by atoms with Crippen LogP contribution in [0.2, 0.25) is 0 Å². The number of hydrogen-bond donors (Lipinski definition) is 0. The molecule has 5 nitrogen and oxygen atoms in total. The van der Waals surface area contributed by atoms with Crippen LogP contribution in [0.3, 0.4) is 0 Å². The second kappa shape index (κ2) is 7.12. The smallest absolute Gasteiger partial charge is 0.255 e. The Morgan fingerprint density at radius 3 is 2.63 bits per heavy atom. The lowest BCUT2D eigenvalue weighted by molar-refractivity contribution is -0.121. The molecule has 0 spiro atoms. The van der Waals surface area contributed by atoms with Gasteiger partial charge in [0.2, 0.25) is 0 Å². The summed E-state index contributed by atoms with van der Waals surface area (Å²) in [6.07, 6.45) is 0. The summed E-state index contributed by atoms with van der Waals surface area (Å²) in [6.45, 7) is 0.260. The first kappa shape index (κ1) is 18.1. The summed E-state index contributed by atoms with van der Waals surface area (Å²) in [4.78, 5) is 13.6. The maximum Gasteiger partial charge on any atom is 0.255 e. The number of anilines is 1. The van der Waals surface area contributed by atoms with Crippen LogP contribution in [0.1, 0.15) is 22.6 Å². The molecule has 0 fully saturated rings. The molecule has 30 heavy (non-hydrogen) atoms. The normalized spacial score (nSPS) is 19.8. The number of rotatable bonds is 2. The van der Waals surface area contributed by atoms with Gasteiger partial charge >= 0.3 is 0 Å². The summed E-state index contributed by atoms with van der Waals surface area (Å²) in [5, 5.41) is 15.4. The van der Waals surface area contributed by atoms with Gasteiger partial charge in [-0.25, -0.2) is 4.39 Å². The number of carbonyl (C=O) groups is 1. The highest BCUT2D eigenvalue weighted by Gasteiger charge is 2.45. The lowest BCUT2D eigenvalue weighted by Crippen LogP contribution is -2.47. The van der Waals surface area contributed by atoms with Crippen molar-refractivity contribution in [1.29, 1.82) is 5.26 Å². The van der Waals surface area contributed by atoms with Crippen molar-refractivity contribution in [3.05, 3.63) is 95.3 Å². The molecule has 146 valence electrons. The number of halogens is 1. The molecule has 2 unspecified atom stereocenters. The molecule has 0 N–H and O–H groups in total. The lowest BCUT2D eigenvalue weighted by atomic mass is 9.78. The number of ether oxygens (including phenoxy) is 1. The molecule has 2 aliphatic heterocycles. The Bertz CT molecular complexity index is 1220. The molecular formula is C24H16FN3O2. The molecule has 2 aliphatic rings. The highest BCUT2D eigenvalue weighted by Crippen LogP contribution is 2.41. The van der Waals surface area contributed by atoms with E-state index < -0.39 is 11.7 Å². The van der Waals surface area contributed by atoms with Crippen molar-refractivity contribution >= 4 is 17.3 Å². The van der Waals surface area contributed by atoms with Gasteiger partial charge in [0, 0.05) is 5.56 Å². The molecule has 0 bridgehead atoms. The van der Waals surface area contributed by atoms with Crippen molar-refractivity contribution in [2.75, 3.05) is 11.6 Å². The fraction of sp³-hybridized carbons (Fsp3) is 0.125. The summed E-state index contributed by atoms with van der Waals surface area (Å²) in [5.41, 5.74) is 2.67. The van der Waals surface area contributed by atoms with E-state index in [-0.39, 0.29) is 18.4 Å². The minimum absolute atomic E-state index is 0.249. The molecule has 3 aromatic rings. The van der Waals surface area contributed by atoms with E-state index in [9.17, 15) is 14.4 Å². The highest BCUT2D eigenvalue weighted by atomic mass is 19.1. The highest BCUT2D eigenvalue weighted by molar-refractivity contribution is 6.14. The van der Waals surface area contributed by atoms with Crippen molar-refractivity contribution < 1.29 is 13.9 Å². The first-order valence-electron chi connectivity index (χ1n) is 9.56. The van der Waals surface area contributed by atoms with Gasteiger partial charge in [-0.1, -0.05) is 42.5 Å². The van der Waals surface area contributed by atoms with E-state index in [4.69, 9.17) is 4.74 Å². The fourth-order valence-corrected chi connectivity index (χ4v) is 4.09. The third-order valence-electron chi connectivity index (χ3n) is 5.48. The van der Waals surface area contributed by atoms with Crippen LogP contribution >= 0.6 is 0 Å². The molecule has 3 aromatic carbocycles. The molecule has 1 amide bonds. The number of hydrogen-bond acceptors (Lipinski definition) is 4. The van der Waals surface area contributed by atoms with Crippen LogP contribution in [-0.4, -0.2) is 18.2 Å². The summed E-state index contributed by atoms with van der Waals surface area (Å²) >= 11 is 0. The Morgan fingerprint density at radius 1 is 1.07 bits per heavy atom. The van der Waals surface area contributed by atoms with Crippen molar-refractivity contribution in [1.82, 2.24) is 0 Å². The molecule has 0 saturated carbocycles. The zero-order valence-electron chi connectivity index (χ0n) is 15.8. The maximum absolute atomic E-state index is 14.1. The number of amides is 1. The minimum Gasteiger partial charge on any atom is -0.492 e. The largest absolute Gasteiger partial charge is 0.492 e. The third-order valence-corrected chi connectivity index (χ3v) is 5.48. The molecule has 0 saturated heterocycles. The Kier molecular flexibility index (Phi) is 4.29. The molecule has 0 aromatic heterocycles. The van der Waals surface area contributed by atoms with E-state index in [1.54, 1.807) is 30.3 Å². The van der Waals surface area contributed by atoms with Gasteiger partial charge in [0.1, 0.15) is 17.6 Å². The number of para-hydroxylation sites is 1. The zero-order valence-corrected chi connectivity index (χ0v) is 15.8. The first-order chi connectivity index (χ1) is 14.7. The van der Waals surface area contributed by atoms with Crippen molar-refractivity contribution in [2.24, 2.45) is 11.0 Å². The van der Waals surface area contributed by atoms with Crippen molar-refractivity contribution in [2.45, 2.75) is 5.92 Å². The summed E-state index contributed by atoms with van der Waals surface area (Å²) in [7, 11) is 0. The van der Waals surface area contributed by atoms with E-state index in [1.165, 1.54) is 17.1 Å². The predicted octanol–water partition coefficient (Wildman–Crippen LogP) is 4.24. The summed E-state index contributed by atoms with van der Waals surface area (Å²) in [5.74, 6) is -1.05. The fourth-order valence-electron chi connectivity index (χ4n) is 4.09. The van der Waals surface area contributed by atoms with Gasteiger partial charge in [0.15, 0.2) is 0 Å². The standard InChI is InChI=1S/C24H16FN3O2/c25-17-10-11-21-18(12-17)23-19(14-30-21)22(15-6-2-1-3-7-15)24(29)28(27-23)20-9-5-4-8-16(20)13-26/h1-12,19,22H,14H2. The Labute approximate surface area is 172 Å². The van der Waals surface area contributed by atoms with E-state index in [2.05, 4.69) is 11.2 Å². The third kappa shape index (κ3) is 2.83. The predicted molar refractivity (Wildman–Crippen MR) is 110 cm³/mol. The van der Waals surface area contributed by atoms with Gasteiger partial charge in [-0.05, 0) is 35.9 Å². The number of fused-ring (bicyclic) bond motifs is 3. The van der Waals surface area contributed by atoms with Crippen molar-refractivity contribution in [3.63, 3.8) is 0 Å². The first-order valence-corrected chi connectivity index (χ1v) is 9.56. The maximum atomic E-state index is 14.1. The topological polar surface area (TPSA) is 65.7 Å². The van der Waals surface area contributed by atoms with Crippen LogP contribution in [0.5, 0.6) is 5.75 Å². The second-order valence-electron chi connectivity index (χ2n) is 7.21. The van der Waals surface area contributed by atoms with Crippen LogP contribution in [0.25, 0.3) is 0 Å². The molecule has 6 heteroatoms. The van der Waals surface area contributed by atoms with Crippen LogP contribution in [0.15, 0.2) is 77.9 Å². The summed E-state index contributed by atoms with van der Waals surface area (Å²) in [6, 6.07) is 22.7. The second-order valence-corrected chi connectivity index (χ2v) is 7.21. The molecule has 5 rings (SSSR count). The zero-order chi connectivity index (χ0) is 20.7. The van der Waals surface area contributed by atoms with E-state index in [0.717, 1.165) is 5.56 Å². The minimum atomic E-state index is -0.568. The van der Waals surface area contributed by atoms with Gasteiger partial charge < -0.3 is 4.74 Å². The number of nitrogens with zero attached hydrogens (tertiary/aromatic N) is 3. The Hall–Kier alpha value is -3.98. The van der Waals surface area contributed by atoms with Gasteiger partial charge in [0.05, 0.1) is 35.4 Å². The average Bonchev–Trinajstić information content (AvgIpc) is 2.79. The van der Waals surface area contributed by atoms with Crippen LogP contribution in [0, 0.1) is 23.1 Å². The molecular weight excluding hydrogens is 381 g/mol.